The zero-order valence-electron chi connectivity index (χ0n) is 12.7. The first kappa shape index (κ1) is 18.0. The van der Waals surface area contributed by atoms with Gasteiger partial charge in [-0.05, 0) is 38.5 Å². The monoisotopic (exact) mass is 328 g/mol. The quantitative estimate of drug-likeness (QED) is 0.765. The van der Waals surface area contributed by atoms with Crippen molar-refractivity contribution in [2.45, 2.75) is 26.8 Å². The van der Waals surface area contributed by atoms with E-state index in [1.807, 2.05) is 26.8 Å². The van der Waals surface area contributed by atoms with E-state index in [-0.39, 0.29) is 18.5 Å². The van der Waals surface area contributed by atoms with Gasteiger partial charge in [-0.3, -0.25) is 4.79 Å². The molecule has 116 valence electrons. The predicted molar refractivity (Wildman–Crippen MR) is 89.9 cm³/mol. The highest BCUT2D eigenvalue weighted by atomic mass is 35.5. The minimum Gasteiger partial charge on any atom is -0.338 e. The standard InChI is InChI=1S/C16H22Cl2N2O/c1-5-20(10-11(2)3)16(21)9-19-12(4)14-7-6-13(17)8-15(14)18/h6-8,12,19H,2,5,9-10H2,1,3-4H3. The van der Waals surface area contributed by atoms with Crippen LogP contribution in [0.25, 0.3) is 0 Å². The maximum atomic E-state index is 12.2. The van der Waals surface area contributed by atoms with Gasteiger partial charge in [-0.1, -0.05) is 41.4 Å². The van der Waals surface area contributed by atoms with Gasteiger partial charge in [0.05, 0.1) is 6.54 Å². The van der Waals surface area contributed by atoms with E-state index in [4.69, 9.17) is 23.2 Å². The smallest absolute Gasteiger partial charge is 0.236 e. The summed E-state index contributed by atoms with van der Waals surface area (Å²) in [4.78, 5) is 13.9. The van der Waals surface area contributed by atoms with Gasteiger partial charge in [0.2, 0.25) is 5.91 Å². The van der Waals surface area contributed by atoms with Crippen molar-refractivity contribution in [3.63, 3.8) is 0 Å². The summed E-state index contributed by atoms with van der Waals surface area (Å²) in [5, 5.41) is 4.40. The van der Waals surface area contributed by atoms with Gasteiger partial charge in [-0.15, -0.1) is 0 Å². The Morgan fingerprint density at radius 1 is 1.43 bits per heavy atom. The van der Waals surface area contributed by atoms with E-state index in [9.17, 15) is 4.79 Å². The SMILES string of the molecule is C=C(C)CN(CC)C(=O)CNC(C)c1ccc(Cl)cc1Cl. The van der Waals surface area contributed by atoms with Gasteiger partial charge in [0.15, 0.2) is 0 Å². The number of halogens is 2. The molecule has 0 aromatic heterocycles. The van der Waals surface area contributed by atoms with Crippen molar-refractivity contribution >= 4 is 29.1 Å². The molecule has 0 bridgehead atoms. The molecule has 1 unspecified atom stereocenters. The van der Waals surface area contributed by atoms with Gasteiger partial charge in [0, 0.05) is 29.2 Å². The lowest BCUT2D eigenvalue weighted by molar-refractivity contribution is -0.129. The summed E-state index contributed by atoms with van der Waals surface area (Å²) in [7, 11) is 0. The van der Waals surface area contributed by atoms with Crippen LogP contribution in [-0.4, -0.2) is 30.4 Å². The predicted octanol–water partition coefficient (Wildman–Crippen LogP) is 4.07. The Balaban J connectivity index is 2.61. The molecule has 0 radical (unpaired) electrons. The normalized spacial score (nSPS) is 12.0. The Morgan fingerprint density at radius 3 is 2.62 bits per heavy atom. The molecule has 1 N–H and O–H groups in total. The van der Waals surface area contributed by atoms with Crippen molar-refractivity contribution in [3.8, 4) is 0 Å². The highest BCUT2D eigenvalue weighted by molar-refractivity contribution is 6.35. The van der Waals surface area contributed by atoms with Crippen LogP contribution in [0.4, 0.5) is 0 Å². The van der Waals surface area contributed by atoms with Crippen LogP contribution in [0.5, 0.6) is 0 Å². The van der Waals surface area contributed by atoms with Crippen LogP contribution < -0.4 is 5.32 Å². The average molecular weight is 329 g/mol. The first-order valence-electron chi connectivity index (χ1n) is 6.95. The summed E-state index contributed by atoms with van der Waals surface area (Å²) < 4.78 is 0. The van der Waals surface area contributed by atoms with Crippen molar-refractivity contribution in [2.75, 3.05) is 19.6 Å². The molecule has 1 atom stereocenters. The topological polar surface area (TPSA) is 32.3 Å². The van der Waals surface area contributed by atoms with Crippen LogP contribution in [0.3, 0.4) is 0 Å². The molecule has 0 fully saturated rings. The van der Waals surface area contributed by atoms with Crippen LogP contribution in [0.1, 0.15) is 32.4 Å². The number of likely N-dealkylation sites (N-methyl/N-ethyl adjacent to an activating group) is 1. The van der Waals surface area contributed by atoms with E-state index in [1.54, 1.807) is 17.0 Å². The summed E-state index contributed by atoms with van der Waals surface area (Å²) in [6.45, 7) is 11.2. The first-order chi connectivity index (χ1) is 9.85. The molecule has 0 aliphatic heterocycles. The molecule has 0 spiro atoms. The van der Waals surface area contributed by atoms with Gasteiger partial charge in [0.1, 0.15) is 0 Å². The second-order valence-electron chi connectivity index (χ2n) is 5.13. The number of benzene rings is 1. The minimum atomic E-state index is -0.0257. The average Bonchev–Trinajstić information content (AvgIpc) is 2.41. The van der Waals surface area contributed by atoms with E-state index in [0.29, 0.717) is 23.1 Å². The highest BCUT2D eigenvalue weighted by Crippen LogP contribution is 2.25. The van der Waals surface area contributed by atoms with E-state index in [1.165, 1.54) is 0 Å². The molecule has 5 heteroatoms. The number of nitrogens with one attached hydrogen (secondary N) is 1. The molecule has 1 amide bonds. The van der Waals surface area contributed by atoms with E-state index >= 15 is 0 Å². The van der Waals surface area contributed by atoms with Crippen molar-refractivity contribution in [3.05, 3.63) is 46.0 Å². The number of carbonyl (C=O) groups excluding carboxylic acids is 1. The molecule has 0 saturated carbocycles. The van der Waals surface area contributed by atoms with Crippen molar-refractivity contribution in [1.82, 2.24) is 10.2 Å². The summed E-state index contributed by atoms with van der Waals surface area (Å²) in [6.07, 6.45) is 0. The van der Waals surface area contributed by atoms with E-state index < -0.39 is 0 Å². The zero-order chi connectivity index (χ0) is 16.0. The van der Waals surface area contributed by atoms with Crippen LogP contribution in [-0.2, 0) is 4.79 Å². The molecule has 0 aliphatic rings. The van der Waals surface area contributed by atoms with E-state index in [2.05, 4.69) is 11.9 Å². The third-order valence-corrected chi connectivity index (χ3v) is 3.75. The van der Waals surface area contributed by atoms with Crippen LogP contribution >= 0.6 is 23.2 Å². The Kier molecular flexibility index (Phi) is 7.23. The Labute approximate surface area is 136 Å². The number of hydrogen-bond donors (Lipinski definition) is 1. The second kappa shape index (κ2) is 8.42. The Hall–Kier alpha value is -1.03. The third kappa shape index (κ3) is 5.70. The maximum absolute atomic E-state index is 12.2. The lowest BCUT2D eigenvalue weighted by Crippen LogP contribution is -2.39. The minimum absolute atomic E-state index is 0.0257. The van der Waals surface area contributed by atoms with Gasteiger partial charge in [0.25, 0.3) is 0 Å². The first-order valence-corrected chi connectivity index (χ1v) is 7.71. The number of rotatable bonds is 7. The van der Waals surface area contributed by atoms with Crippen molar-refractivity contribution in [1.29, 1.82) is 0 Å². The Morgan fingerprint density at radius 2 is 2.10 bits per heavy atom. The molecule has 0 heterocycles. The van der Waals surface area contributed by atoms with Crippen LogP contribution in [0.2, 0.25) is 10.0 Å². The largest absolute Gasteiger partial charge is 0.338 e. The number of nitrogens with zero attached hydrogens (tertiary/aromatic N) is 1. The lowest BCUT2D eigenvalue weighted by atomic mass is 10.1. The van der Waals surface area contributed by atoms with Gasteiger partial charge < -0.3 is 10.2 Å². The van der Waals surface area contributed by atoms with Crippen molar-refractivity contribution < 1.29 is 4.79 Å². The molecular weight excluding hydrogens is 307 g/mol. The highest BCUT2D eigenvalue weighted by Gasteiger charge is 2.15. The number of hydrogen-bond acceptors (Lipinski definition) is 2. The second-order valence-corrected chi connectivity index (χ2v) is 5.98. The van der Waals surface area contributed by atoms with Crippen LogP contribution in [0.15, 0.2) is 30.4 Å². The number of amides is 1. The van der Waals surface area contributed by atoms with Gasteiger partial charge in [-0.25, -0.2) is 0 Å². The summed E-state index contributed by atoms with van der Waals surface area (Å²) in [5.74, 6) is 0.0532. The molecular formula is C16H22Cl2N2O. The lowest BCUT2D eigenvalue weighted by Gasteiger charge is -2.23. The zero-order valence-corrected chi connectivity index (χ0v) is 14.3. The molecule has 1 aromatic rings. The summed E-state index contributed by atoms with van der Waals surface area (Å²) >= 11 is 12.1. The van der Waals surface area contributed by atoms with Crippen LogP contribution in [0, 0.1) is 0 Å². The summed E-state index contributed by atoms with van der Waals surface area (Å²) in [5.41, 5.74) is 1.90. The molecule has 1 aromatic carbocycles. The molecule has 3 nitrogen and oxygen atoms in total. The fourth-order valence-electron chi connectivity index (χ4n) is 2.02. The van der Waals surface area contributed by atoms with E-state index in [0.717, 1.165) is 11.1 Å². The summed E-state index contributed by atoms with van der Waals surface area (Å²) in [6, 6.07) is 5.35. The maximum Gasteiger partial charge on any atom is 0.236 e. The van der Waals surface area contributed by atoms with Crippen molar-refractivity contribution in [2.24, 2.45) is 0 Å². The fraction of sp³-hybridized carbons (Fsp3) is 0.438. The van der Waals surface area contributed by atoms with Gasteiger partial charge >= 0.3 is 0 Å². The third-order valence-electron chi connectivity index (χ3n) is 3.18. The molecule has 0 saturated heterocycles. The Bertz CT molecular complexity index is 517. The molecule has 21 heavy (non-hydrogen) atoms. The fourth-order valence-corrected chi connectivity index (χ4v) is 2.59. The van der Waals surface area contributed by atoms with Gasteiger partial charge in [-0.2, -0.15) is 0 Å². The molecule has 0 aliphatic carbocycles. The number of carbonyl (C=O) groups is 1. The molecule has 1 rings (SSSR count).